The monoisotopic (exact) mass is 331 g/mol. The van der Waals surface area contributed by atoms with Gasteiger partial charge >= 0.3 is 0 Å². The van der Waals surface area contributed by atoms with E-state index in [1.54, 1.807) is 23.6 Å². The Hall–Kier alpha value is -2.41. The van der Waals surface area contributed by atoms with Crippen LogP contribution in [0.25, 0.3) is 0 Å². The Balaban J connectivity index is 1.76. The highest BCUT2D eigenvalue weighted by atomic mass is 32.1. The van der Waals surface area contributed by atoms with E-state index in [4.69, 9.17) is 4.74 Å². The smallest absolute Gasteiger partial charge is 0.248 e. The van der Waals surface area contributed by atoms with Crippen molar-refractivity contribution in [2.45, 2.75) is 25.4 Å². The van der Waals surface area contributed by atoms with Crippen LogP contribution in [0, 0.1) is 0 Å². The van der Waals surface area contributed by atoms with Gasteiger partial charge in [0.05, 0.1) is 13.7 Å². The first-order valence-corrected chi connectivity index (χ1v) is 8.18. The minimum absolute atomic E-state index is 0.0183. The summed E-state index contributed by atoms with van der Waals surface area (Å²) in [6.45, 7) is 0.360. The summed E-state index contributed by atoms with van der Waals surface area (Å²) in [4.78, 5) is 30.3. The number of ether oxygens (including phenoxy) is 1. The van der Waals surface area contributed by atoms with Gasteiger partial charge in [-0.3, -0.25) is 9.59 Å². The average molecular weight is 331 g/mol. The maximum atomic E-state index is 12.4. The molecule has 3 rings (SSSR count). The van der Waals surface area contributed by atoms with Crippen molar-refractivity contribution in [1.29, 1.82) is 0 Å². The molecule has 0 bridgehead atoms. The number of para-hydroxylation sites is 1. The molecule has 0 spiro atoms. The fourth-order valence-corrected chi connectivity index (χ4v) is 3.23. The second-order valence-corrected chi connectivity index (χ2v) is 6.11. The lowest BCUT2D eigenvalue weighted by Gasteiger charge is -2.24. The number of hydrogen-bond acceptors (Lipinski definition) is 5. The van der Waals surface area contributed by atoms with Crippen molar-refractivity contribution in [2.75, 3.05) is 12.4 Å². The van der Waals surface area contributed by atoms with Gasteiger partial charge < -0.3 is 15.0 Å². The van der Waals surface area contributed by atoms with Crippen LogP contribution in [0.3, 0.4) is 0 Å². The fraction of sp³-hybridized carbons (Fsp3) is 0.312. The molecular formula is C16H17N3O3S. The van der Waals surface area contributed by atoms with Gasteiger partial charge in [0, 0.05) is 23.6 Å². The number of amides is 2. The Bertz CT molecular complexity index is 702. The molecule has 23 heavy (non-hydrogen) atoms. The first kappa shape index (κ1) is 15.5. The lowest BCUT2D eigenvalue weighted by Crippen LogP contribution is -2.41. The molecule has 1 saturated heterocycles. The van der Waals surface area contributed by atoms with Crippen LogP contribution in [0.15, 0.2) is 35.8 Å². The molecule has 1 aromatic heterocycles. The molecule has 0 radical (unpaired) electrons. The SMILES string of the molecule is COc1ccccc1CN1C(=O)CC[C@@H]1C(=O)Nc1nccs1. The van der Waals surface area contributed by atoms with Gasteiger partial charge in [0.2, 0.25) is 11.8 Å². The third kappa shape index (κ3) is 3.34. The number of anilines is 1. The number of methoxy groups -OCH3 is 1. The Labute approximate surface area is 138 Å². The van der Waals surface area contributed by atoms with E-state index in [-0.39, 0.29) is 11.8 Å². The van der Waals surface area contributed by atoms with Gasteiger partial charge in [-0.1, -0.05) is 18.2 Å². The summed E-state index contributed by atoms with van der Waals surface area (Å²) in [5, 5.41) is 5.11. The molecule has 1 atom stereocenters. The summed E-state index contributed by atoms with van der Waals surface area (Å²) < 4.78 is 5.32. The fourth-order valence-electron chi connectivity index (χ4n) is 2.70. The Kier molecular flexibility index (Phi) is 4.57. The summed E-state index contributed by atoms with van der Waals surface area (Å²) in [5.41, 5.74) is 0.886. The van der Waals surface area contributed by atoms with E-state index in [1.807, 2.05) is 24.3 Å². The van der Waals surface area contributed by atoms with Crippen molar-refractivity contribution in [3.8, 4) is 5.75 Å². The molecule has 1 aromatic carbocycles. The van der Waals surface area contributed by atoms with Crippen LogP contribution in [0.2, 0.25) is 0 Å². The van der Waals surface area contributed by atoms with Crippen LogP contribution in [0.1, 0.15) is 18.4 Å². The Morgan fingerprint density at radius 1 is 1.48 bits per heavy atom. The van der Waals surface area contributed by atoms with Crippen molar-refractivity contribution in [2.24, 2.45) is 0 Å². The Morgan fingerprint density at radius 3 is 3.04 bits per heavy atom. The molecule has 2 aromatic rings. The number of hydrogen-bond donors (Lipinski definition) is 1. The topological polar surface area (TPSA) is 71.5 Å². The van der Waals surface area contributed by atoms with E-state index < -0.39 is 6.04 Å². The lowest BCUT2D eigenvalue weighted by molar-refractivity contribution is -0.133. The average Bonchev–Trinajstić information content (AvgIpc) is 3.18. The predicted octanol–water partition coefficient (Wildman–Crippen LogP) is 2.28. The molecule has 1 aliphatic heterocycles. The molecule has 1 aliphatic rings. The van der Waals surface area contributed by atoms with Gasteiger partial charge in [0.25, 0.3) is 0 Å². The third-order valence-electron chi connectivity index (χ3n) is 3.83. The minimum atomic E-state index is -0.476. The number of carbonyl (C=O) groups excluding carboxylic acids is 2. The van der Waals surface area contributed by atoms with Crippen LogP contribution >= 0.6 is 11.3 Å². The van der Waals surface area contributed by atoms with Crippen LogP contribution < -0.4 is 10.1 Å². The van der Waals surface area contributed by atoms with Gasteiger partial charge in [-0.2, -0.15) is 0 Å². The second-order valence-electron chi connectivity index (χ2n) is 5.21. The van der Waals surface area contributed by atoms with Gasteiger partial charge in [-0.25, -0.2) is 4.98 Å². The van der Waals surface area contributed by atoms with Gasteiger partial charge in [-0.05, 0) is 12.5 Å². The van der Waals surface area contributed by atoms with E-state index >= 15 is 0 Å². The number of benzene rings is 1. The van der Waals surface area contributed by atoms with Crippen molar-refractivity contribution in [1.82, 2.24) is 9.88 Å². The highest BCUT2D eigenvalue weighted by Gasteiger charge is 2.36. The molecule has 0 saturated carbocycles. The molecule has 0 unspecified atom stereocenters. The maximum absolute atomic E-state index is 12.4. The highest BCUT2D eigenvalue weighted by Crippen LogP contribution is 2.26. The molecule has 2 heterocycles. The van der Waals surface area contributed by atoms with Crippen LogP contribution in [0.5, 0.6) is 5.75 Å². The van der Waals surface area contributed by atoms with Crippen molar-refractivity contribution < 1.29 is 14.3 Å². The highest BCUT2D eigenvalue weighted by molar-refractivity contribution is 7.13. The number of carbonyl (C=O) groups is 2. The number of nitrogens with one attached hydrogen (secondary N) is 1. The molecule has 2 amide bonds. The van der Waals surface area contributed by atoms with Gasteiger partial charge in [0.1, 0.15) is 11.8 Å². The van der Waals surface area contributed by atoms with Crippen LogP contribution in [-0.4, -0.2) is 34.8 Å². The number of rotatable bonds is 5. The van der Waals surface area contributed by atoms with Crippen molar-refractivity contribution in [3.63, 3.8) is 0 Å². The molecule has 120 valence electrons. The van der Waals surface area contributed by atoms with E-state index in [9.17, 15) is 9.59 Å². The zero-order valence-electron chi connectivity index (χ0n) is 12.7. The minimum Gasteiger partial charge on any atom is -0.496 e. The molecular weight excluding hydrogens is 314 g/mol. The summed E-state index contributed by atoms with van der Waals surface area (Å²) >= 11 is 1.36. The molecule has 0 aliphatic carbocycles. The zero-order valence-corrected chi connectivity index (χ0v) is 13.5. The quantitative estimate of drug-likeness (QED) is 0.912. The molecule has 6 nitrogen and oxygen atoms in total. The number of likely N-dealkylation sites (tertiary alicyclic amines) is 1. The third-order valence-corrected chi connectivity index (χ3v) is 4.52. The first-order chi connectivity index (χ1) is 11.2. The molecule has 1 fully saturated rings. The normalized spacial score (nSPS) is 17.3. The van der Waals surface area contributed by atoms with Crippen molar-refractivity contribution in [3.05, 3.63) is 41.4 Å². The van der Waals surface area contributed by atoms with Crippen molar-refractivity contribution >= 4 is 28.3 Å². The second kappa shape index (κ2) is 6.78. The van der Waals surface area contributed by atoms with E-state index in [1.165, 1.54) is 11.3 Å². The Morgan fingerprint density at radius 2 is 2.30 bits per heavy atom. The summed E-state index contributed by atoms with van der Waals surface area (Å²) in [6, 6.07) is 7.04. The predicted molar refractivity (Wildman–Crippen MR) is 87.3 cm³/mol. The molecule has 1 N–H and O–H groups in total. The standard InChI is InChI=1S/C16H17N3O3S/c1-22-13-5-3-2-4-11(13)10-19-12(6-7-14(19)20)15(21)18-16-17-8-9-23-16/h2-5,8-9,12H,6-7,10H2,1H3,(H,17,18,21)/t12-/m1/s1. The van der Waals surface area contributed by atoms with Crippen LogP contribution in [-0.2, 0) is 16.1 Å². The number of nitrogens with zero attached hydrogens (tertiary/aromatic N) is 2. The largest absolute Gasteiger partial charge is 0.496 e. The van der Waals surface area contributed by atoms with Gasteiger partial charge in [0.15, 0.2) is 5.13 Å². The van der Waals surface area contributed by atoms with E-state index in [0.29, 0.717) is 30.3 Å². The van der Waals surface area contributed by atoms with Crippen LogP contribution in [0.4, 0.5) is 5.13 Å². The number of thiazole rings is 1. The number of aromatic nitrogens is 1. The van der Waals surface area contributed by atoms with E-state index in [0.717, 1.165) is 5.56 Å². The summed E-state index contributed by atoms with van der Waals surface area (Å²) in [7, 11) is 1.59. The first-order valence-electron chi connectivity index (χ1n) is 7.31. The molecule has 7 heteroatoms. The summed E-state index contributed by atoms with van der Waals surface area (Å²) in [5.74, 6) is 0.502. The zero-order chi connectivity index (χ0) is 16.2. The maximum Gasteiger partial charge on any atom is 0.248 e. The lowest BCUT2D eigenvalue weighted by atomic mass is 10.1. The van der Waals surface area contributed by atoms with E-state index in [2.05, 4.69) is 10.3 Å². The summed E-state index contributed by atoms with van der Waals surface area (Å²) in [6.07, 6.45) is 2.53. The van der Waals surface area contributed by atoms with Gasteiger partial charge in [-0.15, -0.1) is 11.3 Å².